The Kier molecular flexibility index (Phi) is 6.83. The van der Waals surface area contributed by atoms with E-state index in [1.807, 2.05) is 12.1 Å². The van der Waals surface area contributed by atoms with Gasteiger partial charge in [0, 0.05) is 37.4 Å². The van der Waals surface area contributed by atoms with Crippen molar-refractivity contribution in [3.63, 3.8) is 0 Å². The number of amides is 1. The van der Waals surface area contributed by atoms with Crippen molar-refractivity contribution in [1.82, 2.24) is 4.90 Å². The summed E-state index contributed by atoms with van der Waals surface area (Å²) < 4.78 is 0. The lowest BCUT2D eigenvalue weighted by atomic mass is 9.90. The molecule has 2 aromatic rings. The fourth-order valence-electron chi connectivity index (χ4n) is 4.58. The van der Waals surface area contributed by atoms with Crippen LogP contribution in [0.15, 0.2) is 54.6 Å². The molecule has 0 aliphatic carbocycles. The average Bonchev–Trinajstić information content (AvgIpc) is 3.30. The van der Waals surface area contributed by atoms with E-state index in [9.17, 15) is 4.79 Å². The minimum atomic E-state index is 0.116. The van der Waals surface area contributed by atoms with Crippen LogP contribution in [0.3, 0.4) is 0 Å². The quantitative estimate of drug-likeness (QED) is 0.751. The molecule has 0 atom stereocenters. The Balaban J connectivity index is 1.15. The zero-order valence-corrected chi connectivity index (χ0v) is 17.4. The maximum atomic E-state index is 12.4. The van der Waals surface area contributed by atoms with Crippen molar-refractivity contribution in [3.05, 3.63) is 60.2 Å². The van der Waals surface area contributed by atoms with Gasteiger partial charge in [0.15, 0.2) is 0 Å². The lowest BCUT2D eigenvalue weighted by Crippen LogP contribution is -2.36. The smallest absolute Gasteiger partial charge is 0.225 e. The van der Waals surface area contributed by atoms with E-state index in [0.29, 0.717) is 6.42 Å². The first-order valence-electron chi connectivity index (χ1n) is 11.2. The van der Waals surface area contributed by atoms with Crippen LogP contribution < -0.4 is 10.2 Å². The Morgan fingerprint density at radius 3 is 2.28 bits per heavy atom. The Labute approximate surface area is 174 Å². The highest BCUT2D eigenvalue weighted by Gasteiger charge is 2.20. The lowest BCUT2D eigenvalue weighted by Gasteiger charge is -2.31. The molecular weight excluding hydrogens is 358 g/mol. The SMILES string of the molecule is O=C(CCN1CCC(Cc2ccccc2)CC1)Nc1ccc(N2CCCC2)cc1. The molecule has 0 spiro atoms. The molecular formula is C25H33N3O. The van der Waals surface area contributed by atoms with E-state index in [2.05, 4.69) is 57.6 Å². The second kappa shape index (κ2) is 9.93. The van der Waals surface area contributed by atoms with Gasteiger partial charge in [-0.1, -0.05) is 30.3 Å². The Hall–Kier alpha value is -2.33. The number of piperidine rings is 1. The molecule has 2 aliphatic rings. The van der Waals surface area contributed by atoms with E-state index in [1.54, 1.807) is 0 Å². The number of carbonyl (C=O) groups excluding carboxylic acids is 1. The zero-order chi connectivity index (χ0) is 19.9. The van der Waals surface area contributed by atoms with Crippen molar-refractivity contribution < 1.29 is 4.79 Å². The van der Waals surface area contributed by atoms with Crippen molar-refractivity contribution in [2.24, 2.45) is 5.92 Å². The molecule has 0 saturated carbocycles. The molecule has 29 heavy (non-hydrogen) atoms. The molecule has 4 heteroatoms. The van der Waals surface area contributed by atoms with Crippen LogP contribution in [0.4, 0.5) is 11.4 Å². The number of likely N-dealkylation sites (tertiary alicyclic amines) is 1. The summed E-state index contributed by atoms with van der Waals surface area (Å²) >= 11 is 0. The van der Waals surface area contributed by atoms with Gasteiger partial charge in [0.25, 0.3) is 0 Å². The van der Waals surface area contributed by atoms with Crippen molar-refractivity contribution in [1.29, 1.82) is 0 Å². The van der Waals surface area contributed by atoms with E-state index in [4.69, 9.17) is 0 Å². The van der Waals surface area contributed by atoms with Crippen LogP contribution >= 0.6 is 0 Å². The maximum Gasteiger partial charge on any atom is 0.225 e. The van der Waals surface area contributed by atoms with Crippen LogP contribution in [0.2, 0.25) is 0 Å². The summed E-state index contributed by atoms with van der Waals surface area (Å²) in [6, 6.07) is 19.1. The fraction of sp³-hybridized carbons (Fsp3) is 0.480. The molecule has 1 N–H and O–H groups in total. The minimum Gasteiger partial charge on any atom is -0.372 e. The number of nitrogens with one attached hydrogen (secondary N) is 1. The summed E-state index contributed by atoms with van der Waals surface area (Å²) in [5, 5.41) is 3.06. The minimum absolute atomic E-state index is 0.116. The van der Waals surface area contributed by atoms with Gasteiger partial charge < -0.3 is 15.1 Å². The van der Waals surface area contributed by atoms with Gasteiger partial charge in [0.2, 0.25) is 5.91 Å². The normalized spacial score (nSPS) is 18.1. The number of rotatable bonds is 7. The Bertz CT molecular complexity index is 760. The molecule has 154 valence electrons. The van der Waals surface area contributed by atoms with Gasteiger partial charge in [-0.05, 0) is 80.9 Å². The van der Waals surface area contributed by atoms with Crippen molar-refractivity contribution in [3.8, 4) is 0 Å². The van der Waals surface area contributed by atoms with E-state index < -0.39 is 0 Å². The van der Waals surface area contributed by atoms with Gasteiger partial charge in [-0.2, -0.15) is 0 Å². The second-order valence-electron chi connectivity index (χ2n) is 8.51. The summed E-state index contributed by atoms with van der Waals surface area (Å²) in [7, 11) is 0. The summed E-state index contributed by atoms with van der Waals surface area (Å²) in [5.41, 5.74) is 3.61. The van der Waals surface area contributed by atoms with E-state index in [-0.39, 0.29) is 5.91 Å². The third kappa shape index (κ3) is 5.83. The number of anilines is 2. The van der Waals surface area contributed by atoms with Gasteiger partial charge in [-0.3, -0.25) is 4.79 Å². The first-order valence-corrected chi connectivity index (χ1v) is 11.2. The van der Waals surface area contributed by atoms with Gasteiger partial charge in [-0.25, -0.2) is 0 Å². The monoisotopic (exact) mass is 391 g/mol. The van der Waals surface area contributed by atoms with Gasteiger partial charge in [0.05, 0.1) is 0 Å². The van der Waals surface area contributed by atoms with Crippen LogP contribution in [-0.2, 0) is 11.2 Å². The predicted octanol–water partition coefficient (Wildman–Crippen LogP) is 4.57. The number of hydrogen-bond acceptors (Lipinski definition) is 3. The number of nitrogens with zero attached hydrogens (tertiary/aromatic N) is 2. The molecule has 0 aromatic heterocycles. The molecule has 2 aliphatic heterocycles. The van der Waals surface area contributed by atoms with Crippen molar-refractivity contribution >= 4 is 17.3 Å². The van der Waals surface area contributed by atoms with Gasteiger partial charge in [-0.15, -0.1) is 0 Å². The molecule has 0 bridgehead atoms. The molecule has 0 unspecified atom stereocenters. The van der Waals surface area contributed by atoms with Gasteiger partial charge >= 0.3 is 0 Å². The highest BCUT2D eigenvalue weighted by atomic mass is 16.1. The number of benzene rings is 2. The third-order valence-corrected chi connectivity index (χ3v) is 6.35. The summed E-state index contributed by atoms with van der Waals surface area (Å²) in [4.78, 5) is 17.2. The Morgan fingerprint density at radius 1 is 0.897 bits per heavy atom. The molecule has 1 amide bonds. The van der Waals surface area contributed by atoms with Crippen LogP contribution in [-0.4, -0.2) is 43.5 Å². The topological polar surface area (TPSA) is 35.6 Å². The van der Waals surface area contributed by atoms with Crippen LogP contribution in [0, 0.1) is 5.92 Å². The van der Waals surface area contributed by atoms with E-state index in [0.717, 1.165) is 44.3 Å². The zero-order valence-electron chi connectivity index (χ0n) is 17.4. The van der Waals surface area contributed by atoms with Crippen molar-refractivity contribution in [2.45, 2.75) is 38.5 Å². The molecule has 2 heterocycles. The summed E-state index contributed by atoms with van der Waals surface area (Å²) in [5.74, 6) is 0.891. The van der Waals surface area contributed by atoms with Crippen molar-refractivity contribution in [2.75, 3.05) is 42.9 Å². The van der Waals surface area contributed by atoms with Crippen LogP contribution in [0.5, 0.6) is 0 Å². The van der Waals surface area contributed by atoms with Crippen LogP contribution in [0.1, 0.15) is 37.7 Å². The lowest BCUT2D eigenvalue weighted by molar-refractivity contribution is -0.116. The molecule has 4 rings (SSSR count). The standard InChI is InChI=1S/C25H33N3O/c29-25(26-23-8-10-24(11-9-23)28-15-4-5-16-28)14-19-27-17-12-22(13-18-27)20-21-6-2-1-3-7-21/h1-3,6-11,22H,4-5,12-20H2,(H,26,29). The Morgan fingerprint density at radius 2 is 1.59 bits per heavy atom. The number of hydrogen-bond donors (Lipinski definition) is 1. The highest BCUT2D eigenvalue weighted by molar-refractivity contribution is 5.91. The highest BCUT2D eigenvalue weighted by Crippen LogP contribution is 2.23. The first kappa shape index (κ1) is 20.0. The molecule has 2 fully saturated rings. The molecule has 0 radical (unpaired) electrons. The predicted molar refractivity (Wildman–Crippen MR) is 120 cm³/mol. The maximum absolute atomic E-state index is 12.4. The third-order valence-electron chi connectivity index (χ3n) is 6.35. The summed E-state index contributed by atoms with van der Waals surface area (Å²) in [6.07, 6.45) is 6.77. The largest absolute Gasteiger partial charge is 0.372 e. The van der Waals surface area contributed by atoms with E-state index in [1.165, 1.54) is 43.4 Å². The number of carbonyl (C=O) groups is 1. The molecule has 2 aromatic carbocycles. The average molecular weight is 392 g/mol. The second-order valence-corrected chi connectivity index (χ2v) is 8.51. The van der Waals surface area contributed by atoms with Crippen LogP contribution in [0.25, 0.3) is 0 Å². The fourth-order valence-corrected chi connectivity index (χ4v) is 4.58. The van der Waals surface area contributed by atoms with Gasteiger partial charge in [0.1, 0.15) is 0 Å². The summed E-state index contributed by atoms with van der Waals surface area (Å²) in [6.45, 7) is 5.36. The molecule has 2 saturated heterocycles. The van der Waals surface area contributed by atoms with E-state index >= 15 is 0 Å². The molecule has 4 nitrogen and oxygen atoms in total. The first-order chi connectivity index (χ1) is 14.3.